The summed E-state index contributed by atoms with van der Waals surface area (Å²) >= 11 is 1.86. The zero-order valence-corrected chi connectivity index (χ0v) is 15.3. The van der Waals surface area contributed by atoms with E-state index in [0.717, 1.165) is 5.75 Å². The Labute approximate surface area is 151 Å². The molecule has 3 aromatic rings. The number of imidazole rings is 1. The van der Waals surface area contributed by atoms with Gasteiger partial charge in [-0.25, -0.2) is 14.4 Å². The smallest absolute Gasteiger partial charge is 0.276 e. The van der Waals surface area contributed by atoms with Crippen molar-refractivity contribution >= 4 is 23.7 Å². The Bertz CT molecular complexity index is 869. The van der Waals surface area contributed by atoms with E-state index in [9.17, 15) is 0 Å². The summed E-state index contributed by atoms with van der Waals surface area (Å²) in [6, 6.07) is 12.9. The molecule has 1 aromatic carbocycles. The first kappa shape index (κ1) is 17.3. The fourth-order valence-electron chi connectivity index (χ4n) is 2.78. The Kier molecular flexibility index (Phi) is 5.57. The molecule has 0 saturated carbocycles. The number of benzene rings is 1. The average Bonchev–Trinajstić information content (AvgIpc) is 2.96. The normalized spacial score (nSPS) is 11.4. The zero-order valence-electron chi connectivity index (χ0n) is 14.5. The van der Waals surface area contributed by atoms with Gasteiger partial charge in [-0.2, -0.15) is 10.5 Å². The second-order valence-corrected chi connectivity index (χ2v) is 6.98. The molecule has 0 amide bonds. The molecule has 25 heavy (non-hydrogen) atoms. The third kappa shape index (κ3) is 3.94. The summed E-state index contributed by atoms with van der Waals surface area (Å²) in [6.45, 7) is 2.88. The first-order valence-corrected chi connectivity index (χ1v) is 9.20. The quantitative estimate of drug-likeness (QED) is 0.0923. The van der Waals surface area contributed by atoms with Gasteiger partial charge in [-0.15, -0.1) is 11.8 Å². The molecule has 3 rings (SSSR count). The topological polar surface area (TPSA) is 73.1 Å². The van der Waals surface area contributed by atoms with Gasteiger partial charge in [-0.1, -0.05) is 31.2 Å². The van der Waals surface area contributed by atoms with E-state index in [1.807, 2.05) is 11.8 Å². The van der Waals surface area contributed by atoms with Crippen molar-refractivity contribution < 1.29 is 9.50 Å². The van der Waals surface area contributed by atoms with Gasteiger partial charge in [0.25, 0.3) is 12.0 Å². The van der Waals surface area contributed by atoms with E-state index < -0.39 is 0 Å². The number of nitrogens with zero attached hydrogens (tertiary/aromatic N) is 2. The molecule has 0 atom stereocenters. The summed E-state index contributed by atoms with van der Waals surface area (Å²) in [6.07, 6.45) is 5.91. The van der Waals surface area contributed by atoms with Crippen molar-refractivity contribution in [3.8, 4) is 11.3 Å². The number of aromatic nitrogens is 2. The average molecular weight is 356 g/mol. The highest BCUT2D eigenvalue weighted by molar-refractivity contribution is 7.99. The van der Waals surface area contributed by atoms with E-state index >= 15 is 0 Å². The van der Waals surface area contributed by atoms with Crippen LogP contribution in [0.4, 0.5) is 0 Å². The molecule has 7 heteroatoms. The number of hydrogen-bond donors (Lipinski definition) is 4. The molecule has 0 fully saturated rings. The van der Waals surface area contributed by atoms with Crippen molar-refractivity contribution in [1.82, 2.24) is 15.4 Å². The SMILES string of the molecule is CCSc1ccc2n(C)c(-c3ccc(CNNC=[NH+]N)cc3)c[n+]2c1. The molecule has 5 N–H and O–H groups in total. The molecule has 0 bridgehead atoms. The number of nitrogens with one attached hydrogen (secondary N) is 3. The minimum atomic E-state index is 0.708. The maximum absolute atomic E-state index is 5.15. The molecule has 0 aliphatic carbocycles. The number of pyridine rings is 1. The molecule has 0 aliphatic heterocycles. The Balaban J connectivity index is 1.82. The van der Waals surface area contributed by atoms with Crippen molar-refractivity contribution in [1.29, 1.82) is 0 Å². The van der Waals surface area contributed by atoms with E-state index in [-0.39, 0.29) is 0 Å². The van der Waals surface area contributed by atoms with Gasteiger partial charge in [-0.3, -0.25) is 5.84 Å². The fourth-order valence-corrected chi connectivity index (χ4v) is 3.46. The Morgan fingerprint density at radius 2 is 2.00 bits per heavy atom. The Morgan fingerprint density at radius 1 is 1.20 bits per heavy atom. The van der Waals surface area contributed by atoms with E-state index in [4.69, 9.17) is 5.84 Å². The lowest BCUT2D eigenvalue weighted by atomic mass is 10.1. The molecule has 0 aliphatic rings. The number of fused-ring (bicyclic) bond motifs is 1. The van der Waals surface area contributed by atoms with Crippen molar-refractivity contribution in [3.05, 3.63) is 54.4 Å². The molecular formula is C18H24N6S+2. The summed E-state index contributed by atoms with van der Waals surface area (Å²) in [5, 5.41) is 2.41. The Hall–Kier alpha value is -2.51. The number of hydrazone groups is 1. The van der Waals surface area contributed by atoms with Crippen LogP contribution in [-0.2, 0) is 13.6 Å². The van der Waals surface area contributed by atoms with Crippen LogP contribution in [0, 0.1) is 0 Å². The number of hydrogen-bond acceptors (Lipinski definition) is 3. The maximum atomic E-state index is 5.15. The molecule has 0 spiro atoms. The summed E-state index contributed by atoms with van der Waals surface area (Å²) < 4.78 is 4.42. The zero-order chi connectivity index (χ0) is 17.6. The maximum Gasteiger partial charge on any atom is 0.286 e. The number of hydrazine groups is 2. The van der Waals surface area contributed by atoms with E-state index in [0.29, 0.717) is 6.54 Å². The number of aryl methyl sites for hydroxylation is 1. The van der Waals surface area contributed by atoms with Gasteiger partial charge in [0.2, 0.25) is 0 Å². The van der Waals surface area contributed by atoms with Crippen LogP contribution in [0.15, 0.2) is 53.7 Å². The third-order valence-electron chi connectivity index (χ3n) is 4.00. The number of nitrogens with two attached hydrogens (primary N) is 1. The lowest BCUT2D eigenvalue weighted by molar-refractivity contribution is -0.512. The lowest BCUT2D eigenvalue weighted by Gasteiger charge is -2.02. The second kappa shape index (κ2) is 8.04. The molecule has 2 aromatic heterocycles. The highest BCUT2D eigenvalue weighted by Crippen LogP contribution is 2.22. The predicted molar refractivity (Wildman–Crippen MR) is 102 cm³/mol. The van der Waals surface area contributed by atoms with Crippen LogP contribution in [0.3, 0.4) is 0 Å². The van der Waals surface area contributed by atoms with Crippen LogP contribution in [0.1, 0.15) is 12.5 Å². The van der Waals surface area contributed by atoms with Crippen LogP contribution >= 0.6 is 11.8 Å². The van der Waals surface area contributed by atoms with Crippen LogP contribution < -0.4 is 26.2 Å². The number of rotatable bonds is 7. The fraction of sp³-hybridized carbons (Fsp3) is 0.222. The van der Waals surface area contributed by atoms with Crippen molar-refractivity contribution in [2.45, 2.75) is 18.4 Å². The highest BCUT2D eigenvalue weighted by atomic mass is 32.2. The van der Waals surface area contributed by atoms with Crippen molar-refractivity contribution in [2.24, 2.45) is 12.9 Å². The molecule has 6 nitrogen and oxygen atoms in total. The first-order chi connectivity index (χ1) is 12.2. The Morgan fingerprint density at radius 3 is 2.72 bits per heavy atom. The van der Waals surface area contributed by atoms with Gasteiger partial charge in [0.15, 0.2) is 5.69 Å². The van der Waals surface area contributed by atoms with Crippen molar-refractivity contribution in [2.75, 3.05) is 5.75 Å². The highest BCUT2D eigenvalue weighted by Gasteiger charge is 2.16. The van der Waals surface area contributed by atoms with Gasteiger partial charge < -0.3 is 0 Å². The summed E-state index contributed by atoms with van der Waals surface area (Å²) in [4.78, 5) is 1.29. The van der Waals surface area contributed by atoms with Crippen LogP contribution in [0.2, 0.25) is 0 Å². The second-order valence-electron chi connectivity index (χ2n) is 5.64. The van der Waals surface area contributed by atoms with Gasteiger partial charge >= 0.3 is 0 Å². The van der Waals surface area contributed by atoms with Gasteiger partial charge in [0.1, 0.15) is 12.4 Å². The van der Waals surface area contributed by atoms with E-state index in [1.54, 1.807) is 0 Å². The third-order valence-corrected chi connectivity index (χ3v) is 4.87. The monoisotopic (exact) mass is 356 g/mol. The van der Waals surface area contributed by atoms with E-state index in [1.165, 1.54) is 33.7 Å². The number of thioether (sulfide) groups is 1. The molecule has 0 saturated heterocycles. The van der Waals surface area contributed by atoms with Crippen LogP contribution in [0.5, 0.6) is 0 Å². The molecule has 2 heterocycles. The largest absolute Gasteiger partial charge is 0.286 e. The predicted octanol–water partition coefficient (Wildman–Crippen LogP) is 0.120. The minimum absolute atomic E-state index is 0.708. The van der Waals surface area contributed by atoms with Gasteiger partial charge in [-0.05, 0) is 17.4 Å². The first-order valence-electron chi connectivity index (χ1n) is 8.22. The molecule has 130 valence electrons. The lowest BCUT2D eigenvalue weighted by Crippen LogP contribution is -2.79. The summed E-state index contributed by atoms with van der Waals surface area (Å²) in [5.41, 5.74) is 10.7. The summed E-state index contributed by atoms with van der Waals surface area (Å²) in [5.74, 6) is 6.23. The van der Waals surface area contributed by atoms with Crippen molar-refractivity contribution in [3.63, 3.8) is 0 Å². The molecule has 0 unspecified atom stereocenters. The van der Waals surface area contributed by atoms with Gasteiger partial charge in [0.05, 0.1) is 13.6 Å². The van der Waals surface area contributed by atoms with Gasteiger partial charge in [0, 0.05) is 16.5 Å². The standard InChI is InChI=1S/C18H23N6S/c1-3-25-16-8-9-18-23(2)17(12-24(18)11-16)15-6-4-14(5-7-15)10-21-22-13-20-19/h4-9,11-13,21H,3,10,19H2,1-2H3,(H,20,22)/q+1/p+1. The van der Waals surface area contributed by atoms with E-state index in [2.05, 4.69) is 87.7 Å². The minimum Gasteiger partial charge on any atom is -0.276 e. The van der Waals surface area contributed by atoms with Crippen LogP contribution in [0.25, 0.3) is 16.9 Å². The van der Waals surface area contributed by atoms with Crippen LogP contribution in [-0.4, -0.2) is 16.7 Å². The molecular weight excluding hydrogens is 332 g/mol. The summed E-state index contributed by atoms with van der Waals surface area (Å²) in [7, 11) is 2.10. The molecule has 0 radical (unpaired) electrons.